The van der Waals surface area contributed by atoms with Gasteiger partial charge in [-0.3, -0.25) is 0 Å². The summed E-state index contributed by atoms with van der Waals surface area (Å²) in [7, 11) is 3.56. The van der Waals surface area contributed by atoms with Crippen molar-refractivity contribution in [1.82, 2.24) is 10.6 Å². The first-order valence-corrected chi connectivity index (χ1v) is 9.51. The molecule has 2 aromatic rings. The van der Waals surface area contributed by atoms with Crippen LogP contribution in [0.4, 0.5) is 4.39 Å². The van der Waals surface area contributed by atoms with Crippen LogP contribution in [-0.2, 0) is 12.3 Å². The fourth-order valence-corrected chi connectivity index (χ4v) is 3.77. The van der Waals surface area contributed by atoms with Crippen molar-refractivity contribution in [2.24, 2.45) is 0 Å². The normalized spacial score (nSPS) is 10.8. The molecule has 0 fully saturated rings. The number of ether oxygens (including phenoxy) is 1. The molecule has 0 aliphatic carbocycles. The third-order valence-corrected chi connectivity index (χ3v) is 5.22. The van der Waals surface area contributed by atoms with Crippen LogP contribution in [0.5, 0.6) is 5.75 Å². The van der Waals surface area contributed by atoms with Gasteiger partial charge in [-0.15, -0.1) is 11.8 Å². The smallest absolute Gasteiger partial charge is 0.137 e. The SMILES string of the molecule is CNCCNCc1cccc(F)c1SCc1cc(Br)ccc1OC. The molecule has 3 nitrogen and oxygen atoms in total. The van der Waals surface area contributed by atoms with E-state index in [1.54, 1.807) is 13.2 Å². The van der Waals surface area contributed by atoms with Crippen molar-refractivity contribution < 1.29 is 9.13 Å². The van der Waals surface area contributed by atoms with Gasteiger partial charge in [0.05, 0.1) is 7.11 Å². The van der Waals surface area contributed by atoms with Gasteiger partial charge in [-0.2, -0.15) is 0 Å². The highest BCUT2D eigenvalue weighted by Gasteiger charge is 2.11. The molecule has 0 atom stereocenters. The minimum atomic E-state index is -0.179. The Balaban J connectivity index is 2.10. The summed E-state index contributed by atoms with van der Waals surface area (Å²) in [5.41, 5.74) is 2.01. The molecular formula is C18H22BrFN2OS. The highest BCUT2D eigenvalue weighted by molar-refractivity contribution is 9.10. The zero-order valence-electron chi connectivity index (χ0n) is 13.9. The molecule has 24 heavy (non-hydrogen) atoms. The number of methoxy groups -OCH3 is 1. The minimum Gasteiger partial charge on any atom is -0.496 e. The van der Waals surface area contributed by atoms with Crippen LogP contribution in [0.15, 0.2) is 45.8 Å². The maximum absolute atomic E-state index is 14.3. The summed E-state index contributed by atoms with van der Waals surface area (Å²) in [6, 6.07) is 11.1. The summed E-state index contributed by atoms with van der Waals surface area (Å²) in [5, 5.41) is 6.41. The van der Waals surface area contributed by atoms with Gasteiger partial charge in [0.15, 0.2) is 0 Å². The van der Waals surface area contributed by atoms with Crippen molar-refractivity contribution in [3.05, 3.63) is 57.8 Å². The second kappa shape index (κ2) is 10.0. The molecule has 2 aromatic carbocycles. The van der Waals surface area contributed by atoms with Gasteiger partial charge in [0.1, 0.15) is 11.6 Å². The minimum absolute atomic E-state index is 0.179. The first-order valence-electron chi connectivity index (χ1n) is 7.73. The molecular weight excluding hydrogens is 391 g/mol. The van der Waals surface area contributed by atoms with Gasteiger partial charge in [0.2, 0.25) is 0 Å². The number of halogens is 2. The van der Waals surface area contributed by atoms with E-state index in [-0.39, 0.29) is 5.82 Å². The average Bonchev–Trinajstić information content (AvgIpc) is 2.58. The first kappa shape index (κ1) is 19.2. The lowest BCUT2D eigenvalue weighted by Gasteiger charge is -2.13. The molecule has 0 saturated heterocycles. The molecule has 2 rings (SSSR count). The highest BCUT2D eigenvalue weighted by Crippen LogP contribution is 2.33. The van der Waals surface area contributed by atoms with Gasteiger partial charge in [-0.05, 0) is 36.9 Å². The van der Waals surface area contributed by atoms with E-state index in [4.69, 9.17) is 4.74 Å². The van der Waals surface area contributed by atoms with Crippen molar-refractivity contribution in [1.29, 1.82) is 0 Å². The first-order chi connectivity index (χ1) is 11.7. The van der Waals surface area contributed by atoms with Crippen molar-refractivity contribution in [3.8, 4) is 5.75 Å². The predicted octanol–water partition coefficient (Wildman–Crippen LogP) is 4.20. The molecule has 0 heterocycles. The summed E-state index contributed by atoms with van der Waals surface area (Å²) in [6.45, 7) is 2.38. The Bertz CT molecular complexity index is 669. The van der Waals surface area contributed by atoms with Crippen LogP contribution in [0.1, 0.15) is 11.1 Å². The van der Waals surface area contributed by atoms with E-state index in [0.717, 1.165) is 34.4 Å². The summed E-state index contributed by atoms with van der Waals surface area (Å²) >= 11 is 4.97. The lowest BCUT2D eigenvalue weighted by atomic mass is 10.2. The van der Waals surface area contributed by atoms with Crippen LogP contribution in [0.2, 0.25) is 0 Å². The standard InChI is InChI=1S/C18H22BrFN2OS/c1-21-8-9-22-11-13-4-3-5-16(20)18(13)24-12-14-10-15(19)6-7-17(14)23-2/h3-7,10,21-22H,8-9,11-12H2,1-2H3. The number of hydrogen-bond acceptors (Lipinski definition) is 4. The zero-order valence-corrected chi connectivity index (χ0v) is 16.3. The lowest BCUT2D eigenvalue weighted by Crippen LogP contribution is -2.24. The summed E-state index contributed by atoms with van der Waals surface area (Å²) in [5.74, 6) is 1.28. The highest BCUT2D eigenvalue weighted by atomic mass is 79.9. The molecule has 0 amide bonds. The Kier molecular flexibility index (Phi) is 8.05. The lowest BCUT2D eigenvalue weighted by molar-refractivity contribution is 0.411. The fraction of sp³-hybridized carbons (Fsp3) is 0.333. The Morgan fingerprint density at radius 1 is 1.17 bits per heavy atom. The molecule has 130 valence electrons. The molecule has 0 aliphatic rings. The van der Waals surface area contributed by atoms with Crippen LogP contribution in [0.3, 0.4) is 0 Å². The van der Waals surface area contributed by atoms with Crippen LogP contribution in [0.25, 0.3) is 0 Å². The molecule has 0 aromatic heterocycles. The van der Waals surface area contributed by atoms with Gasteiger partial charge < -0.3 is 15.4 Å². The molecule has 0 aliphatic heterocycles. The van der Waals surface area contributed by atoms with E-state index >= 15 is 0 Å². The van der Waals surface area contributed by atoms with Crippen LogP contribution in [0, 0.1) is 5.82 Å². The van der Waals surface area contributed by atoms with Gasteiger partial charge >= 0.3 is 0 Å². The van der Waals surface area contributed by atoms with E-state index in [1.807, 2.05) is 31.3 Å². The molecule has 0 unspecified atom stereocenters. The van der Waals surface area contributed by atoms with E-state index in [2.05, 4.69) is 26.6 Å². The number of likely N-dealkylation sites (N-methyl/N-ethyl adjacent to an activating group) is 1. The van der Waals surface area contributed by atoms with Crippen LogP contribution in [-0.4, -0.2) is 27.2 Å². The third-order valence-electron chi connectivity index (χ3n) is 3.53. The number of nitrogens with one attached hydrogen (secondary N) is 2. The fourth-order valence-electron chi connectivity index (χ4n) is 2.30. The van der Waals surface area contributed by atoms with Gasteiger partial charge in [-0.1, -0.05) is 28.1 Å². The topological polar surface area (TPSA) is 33.3 Å². The Hall–Kier alpha value is -1.08. The number of benzene rings is 2. The maximum atomic E-state index is 14.3. The van der Waals surface area contributed by atoms with E-state index in [0.29, 0.717) is 17.2 Å². The quantitative estimate of drug-likeness (QED) is 0.477. The van der Waals surface area contributed by atoms with Crippen molar-refractivity contribution in [2.75, 3.05) is 27.2 Å². The monoisotopic (exact) mass is 412 g/mol. The van der Waals surface area contributed by atoms with E-state index in [1.165, 1.54) is 17.8 Å². The number of rotatable bonds is 9. The zero-order chi connectivity index (χ0) is 17.4. The summed E-state index contributed by atoms with van der Waals surface area (Å²) in [4.78, 5) is 0.691. The predicted molar refractivity (Wildman–Crippen MR) is 102 cm³/mol. The largest absolute Gasteiger partial charge is 0.496 e. The molecule has 2 N–H and O–H groups in total. The van der Waals surface area contributed by atoms with Gasteiger partial charge in [-0.25, -0.2) is 4.39 Å². The number of thioether (sulfide) groups is 1. The van der Waals surface area contributed by atoms with Crippen molar-refractivity contribution in [2.45, 2.75) is 17.2 Å². The maximum Gasteiger partial charge on any atom is 0.137 e. The Morgan fingerprint density at radius 2 is 2.00 bits per heavy atom. The average molecular weight is 413 g/mol. The van der Waals surface area contributed by atoms with Crippen LogP contribution < -0.4 is 15.4 Å². The molecule has 6 heteroatoms. The van der Waals surface area contributed by atoms with Crippen molar-refractivity contribution in [3.63, 3.8) is 0 Å². The number of hydrogen-bond donors (Lipinski definition) is 2. The molecule has 0 radical (unpaired) electrons. The molecule has 0 spiro atoms. The second-order valence-corrected chi connectivity index (χ2v) is 7.15. The van der Waals surface area contributed by atoms with E-state index in [9.17, 15) is 4.39 Å². The van der Waals surface area contributed by atoms with Gasteiger partial charge in [0.25, 0.3) is 0 Å². The second-order valence-electron chi connectivity index (χ2n) is 5.25. The Morgan fingerprint density at radius 3 is 2.75 bits per heavy atom. The summed E-state index contributed by atoms with van der Waals surface area (Å²) in [6.07, 6.45) is 0. The van der Waals surface area contributed by atoms with E-state index < -0.39 is 0 Å². The van der Waals surface area contributed by atoms with Crippen molar-refractivity contribution >= 4 is 27.7 Å². The third kappa shape index (κ3) is 5.48. The molecule has 0 saturated carbocycles. The summed E-state index contributed by atoms with van der Waals surface area (Å²) < 4.78 is 20.7. The van der Waals surface area contributed by atoms with Crippen LogP contribution >= 0.6 is 27.7 Å². The Labute approximate surface area is 155 Å². The molecule has 0 bridgehead atoms. The van der Waals surface area contributed by atoms with Gasteiger partial charge in [0, 0.05) is 40.3 Å².